The third kappa shape index (κ3) is 5.03. The van der Waals surface area contributed by atoms with Gasteiger partial charge >= 0.3 is 0 Å². The van der Waals surface area contributed by atoms with Gasteiger partial charge in [0, 0.05) is 43.4 Å². The molecule has 0 unspecified atom stereocenters. The molecule has 3 rings (SSSR count). The monoisotopic (exact) mass is 376 g/mol. The molecule has 3 aromatic rings. The normalized spacial score (nSPS) is 10.4. The first kappa shape index (κ1) is 19.3. The second-order valence-electron chi connectivity index (χ2n) is 6.19. The Morgan fingerprint density at radius 1 is 1.00 bits per heavy atom. The highest BCUT2D eigenvalue weighted by atomic mass is 16.1. The Kier molecular flexibility index (Phi) is 6.51. The average molecular weight is 376 g/mol. The van der Waals surface area contributed by atoms with E-state index < -0.39 is 0 Å². The van der Waals surface area contributed by atoms with Crippen LogP contribution in [0.15, 0.2) is 60.9 Å². The zero-order valence-corrected chi connectivity index (χ0v) is 16.1. The first-order chi connectivity index (χ1) is 13.7. The maximum Gasteiger partial charge on any atom is 0.272 e. The molecule has 0 fully saturated rings. The number of carbonyl (C=O) groups excluding carboxylic acids is 1. The molecule has 0 atom stereocenters. The Labute approximate surface area is 164 Å². The quantitative estimate of drug-likeness (QED) is 0.627. The van der Waals surface area contributed by atoms with Gasteiger partial charge in [0.15, 0.2) is 11.5 Å². The summed E-state index contributed by atoms with van der Waals surface area (Å²) in [6.45, 7) is 6.62. The molecule has 1 aromatic carbocycles. The van der Waals surface area contributed by atoms with E-state index in [1.54, 1.807) is 24.5 Å². The number of nitrogens with zero attached hydrogens (tertiary/aromatic N) is 4. The van der Waals surface area contributed by atoms with Gasteiger partial charge in [-0.3, -0.25) is 9.78 Å². The molecule has 0 radical (unpaired) electrons. The standard InChI is InChI=1S/C21H24N6O/c1-3-27(4-2)18-9-7-17(8-10-18)24-20-12-11-19(25-26-20)21(28)23-15-16-6-5-13-22-14-16/h5-14H,3-4,15H2,1-2H3,(H,23,28)(H,24,26). The van der Waals surface area contributed by atoms with Crippen LogP contribution < -0.4 is 15.5 Å². The third-order valence-corrected chi connectivity index (χ3v) is 4.34. The molecule has 28 heavy (non-hydrogen) atoms. The van der Waals surface area contributed by atoms with E-state index in [2.05, 4.69) is 56.7 Å². The van der Waals surface area contributed by atoms with Crippen molar-refractivity contribution in [2.75, 3.05) is 23.3 Å². The Morgan fingerprint density at radius 3 is 2.39 bits per heavy atom. The van der Waals surface area contributed by atoms with Crippen LogP contribution in [0.4, 0.5) is 17.2 Å². The molecule has 2 heterocycles. The minimum atomic E-state index is -0.272. The summed E-state index contributed by atoms with van der Waals surface area (Å²) in [4.78, 5) is 18.5. The van der Waals surface area contributed by atoms with E-state index in [1.807, 2.05) is 24.3 Å². The fraction of sp³-hybridized carbons (Fsp3) is 0.238. The van der Waals surface area contributed by atoms with Crippen LogP contribution in [-0.2, 0) is 6.54 Å². The van der Waals surface area contributed by atoms with E-state index in [1.165, 1.54) is 5.69 Å². The van der Waals surface area contributed by atoms with E-state index in [4.69, 9.17) is 0 Å². The number of pyridine rings is 1. The number of hydrogen-bond donors (Lipinski definition) is 2. The molecule has 0 spiro atoms. The van der Waals surface area contributed by atoms with Crippen molar-refractivity contribution in [2.24, 2.45) is 0 Å². The molecule has 0 bridgehead atoms. The molecule has 0 aliphatic carbocycles. The predicted octanol–water partition coefficient (Wildman–Crippen LogP) is 3.39. The maximum atomic E-state index is 12.2. The first-order valence-corrected chi connectivity index (χ1v) is 9.32. The lowest BCUT2D eigenvalue weighted by Gasteiger charge is -2.21. The van der Waals surface area contributed by atoms with E-state index in [0.29, 0.717) is 12.4 Å². The van der Waals surface area contributed by atoms with Gasteiger partial charge in [0.05, 0.1) is 0 Å². The van der Waals surface area contributed by atoms with Gasteiger partial charge in [-0.05, 0) is 61.9 Å². The number of amides is 1. The van der Waals surface area contributed by atoms with Crippen LogP contribution in [-0.4, -0.2) is 34.2 Å². The summed E-state index contributed by atoms with van der Waals surface area (Å²) in [6.07, 6.45) is 3.41. The van der Waals surface area contributed by atoms with Gasteiger partial charge in [-0.15, -0.1) is 10.2 Å². The van der Waals surface area contributed by atoms with Crippen LogP contribution in [0, 0.1) is 0 Å². The highest BCUT2D eigenvalue weighted by Crippen LogP contribution is 2.20. The molecular formula is C21H24N6O. The minimum Gasteiger partial charge on any atom is -0.372 e. The van der Waals surface area contributed by atoms with Crippen LogP contribution in [0.25, 0.3) is 0 Å². The van der Waals surface area contributed by atoms with Crippen molar-refractivity contribution in [1.82, 2.24) is 20.5 Å². The van der Waals surface area contributed by atoms with E-state index in [9.17, 15) is 4.79 Å². The lowest BCUT2D eigenvalue weighted by Crippen LogP contribution is -2.24. The molecule has 144 valence electrons. The van der Waals surface area contributed by atoms with Gasteiger partial charge in [0.25, 0.3) is 5.91 Å². The molecule has 0 aliphatic rings. The summed E-state index contributed by atoms with van der Waals surface area (Å²) in [5.74, 6) is 0.311. The zero-order chi connectivity index (χ0) is 19.8. The number of nitrogens with one attached hydrogen (secondary N) is 2. The minimum absolute atomic E-state index is 0.270. The molecule has 0 saturated heterocycles. The van der Waals surface area contributed by atoms with Crippen molar-refractivity contribution < 1.29 is 4.79 Å². The second kappa shape index (κ2) is 9.45. The smallest absolute Gasteiger partial charge is 0.272 e. The lowest BCUT2D eigenvalue weighted by molar-refractivity contribution is 0.0945. The van der Waals surface area contributed by atoms with Crippen molar-refractivity contribution in [3.05, 3.63) is 72.2 Å². The van der Waals surface area contributed by atoms with E-state index >= 15 is 0 Å². The zero-order valence-electron chi connectivity index (χ0n) is 16.1. The van der Waals surface area contributed by atoms with Gasteiger partial charge in [-0.25, -0.2) is 0 Å². The fourth-order valence-electron chi connectivity index (χ4n) is 2.79. The van der Waals surface area contributed by atoms with Gasteiger partial charge < -0.3 is 15.5 Å². The highest BCUT2D eigenvalue weighted by Gasteiger charge is 2.08. The Balaban J connectivity index is 1.57. The van der Waals surface area contributed by atoms with Gasteiger partial charge in [-0.1, -0.05) is 6.07 Å². The SMILES string of the molecule is CCN(CC)c1ccc(Nc2ccc(C(=O)NCc3cccnc3)nn2)cc1. The van der Waals surface area contributed by atoms with Crippen molar-refractivity contribution in [1.29, 1.82) is 0 Å². The van der Waals surface area contributed by atoms with Gasteiger partial charge in [-0.2, -0.15) is 0 Å². The van der Waals surface area contributed by atoms with Crippen LogP contribution in [0.1, 0.15) is 29.9 Å². The van der Waals surface area contributed by atoms with Crippen LogP contribution in [0.2, 0.25) is 0 Å². The number of anilines is 3. The van der Waals surface area contributed by atoms with Crippen LogP contribution >= 0.6 is 0 Å². The molecular weight excluding hydrogens is 352 g/mol. The topological polar surface area (TPSA) is 83.0 Å². The molecule has 0 saturated carbocycles. The number of benzene rings is 1. The van der Waals surface area contributed by atoms with Crippen LogP contribution in [0.5, 0.6) is 0 Å². The number of carbonyl (C=O) groups is 1. The van der Waals surface area contributed by atoms with Crippen molar-refractivity contribution in [3.63, 3.8) is 0 Å². The van der Waals surface area contributed by atoms with E-state index in [-0.39, 0.29) is 11.6 Å². The Morgan fingerprint density at radius 2 is 1.79 bits per heavy atom. The molecule has 1 amide bonds. The first-order valence-electron chi connectivity index (χ1n) is 9.32. The predicted molar refractivity (Wildman–Crippen MR) is 111 cm³/mol. The van der Waals surface area contributed by atoms with Gasteiger partial charge in [0.1, 0.15) is 0 Å². The van der Waals surface area contributed by atoms with E-state index in [0.717, 1.165) is 24.3 Å². The lowest BCUT2D eigenvalue weighted by atomic mass is 10.2. The highest BCUT2D eigenvalue weighted by molar-refractivity contribution is 5.92. The summed E-state index contributed by atoms with van der Waals surface area (Å²) in [7, 11) is 0. The molecule has 2 N–H and O–H groups in total. The molecule has 0 aliphatic heterocycles. The average Bonchev–Trinajstić information content (AvgIpc) is 2.75. The molecule has 7 nitrogen and oxygen atoms in total. The summed E-state index contributed by atoms with van der Waals surface area (Å²) < 4.78 is 0. The third-order valence-electron chi connectivity index (χ3n) is 4.34. The summed E-state index contributed by atoms with van der Waals surface area (Å²) in [5.41, 5.74) is 3.29. The fourth-order valence-corrected chi connectivity index (χ4v) is 2.79. The van der Waals surface area contributed by atoms with Gasteiger partial charge in [0.2, 0.25) is 0 Å². The summed E-state index contributed by atoms with van der Waals surface area (Å²) in [6, 6.07) is 15.3. The largest absolute Gasteiger partial charge is 0.372 e. The molecule has 7 heteroatoms. The van der Waals surface area contributed by atoms with Crippen molar-refractivity contribution in [2.45, 2.75) is 20.4 Å². The molecule has 2 aromatic heterocycles. The van der Waals surface area contributed by atoms with Crippen LogP contribution in [0.3, 0.4) is 0 Å². The van der Waals surface area contributed by atoms with Crippen molar-refractivity contribution in [3.8, 4) is 0 Å². The summed E-state index contributed by atoms with van der Waals surface area (Å²) in [5, 5.41) is 14.1. The number of hydrogen-bond acceptors (Lipinski definition) is 6. The number of rotatable bonds is 8. The number of aromatic nitrogens is 3. The maximum absolute atomic E-state index is 12.2. The summed E-state index contributed by atoms with van der Waals surface area (Å²) >= 11 is 0. The van der Waals surface area contributed by atoms with Crippen molar-refractivity contribution >= 4 is 23.1 Å². The Hall–Kier alpha value is -3.48. The second-order valence-corrected chi connectivity index (χ2v) is 6.19. The Bertz CT molecular complexity index is 877.